The van der Waals surface area contributed by atoms with Gasteiger partial charge in [0.25, 0.3) is 5.91 Å². The summed E-state index contributed by atoms with van der Waals surface area (Å²) in [5, 5.41) is 12.0. The Kier molecular flexibility index (Phi) is 10.8. The average molecular weight is 628 g/mol. The highest BCUT2D eigenvalue weighted by atomic mass is 79.9. The first-order valence-electron chi connectivity index (χ1n) is 13.2. The molecule has 0 aromatic heterocycles. The quantitative estimate of drug-likeness (QED) is 0.201. The minimum atomic E-state index is -1.36. The van der Waals surface area contributed by atoms with E-state index >= 15 is 0 Å². The molecule has 0 unspecified atom stereocenters. The molecule has 0 aliphatic carbocycles. The van der Waals surface area contributed by atoms with E-state index in [1.807, 2.05) is 72.8 Å². The van der Waals surface area contributed by atoms with E-state index in [1.54, 1.807) is 7.11 Å². The van der Waals surface area contributed by atoms with Crippen LogP contribution >= 0.6 is 15.9 Å². The third kappa shape index (κ3) is 7.45. The highest BCUT2D eigenvalue weighted by Gasteiger charge is 2.53. The normalized spacial score (nSPS) is 18.1. The van der Waals surface area contributed by atoms with Crippen molar-refractivity contribution in [3.63, 3.8) is 0 Å². The molecule has 2 atom stereocenters. The number of benzene rings is 3. The molecule has 1 aliphatic heterocycles. The van der Waals surface area contributed by atoms with Gasteiger partial charge in [-0.05, 0) is 59.7 Å². The first kappa shape index (κ1) is 30.5. The van der Waals surface area contributed by atoms with Crippen molar-refractivity contribution in [3.05, 3.63) is 94.0 Å². The maximum absolute atomic E-state index is 14.2. The van der Waals surface area contributed by atoms with Gasteiger partial charge in [-0.1, -0.05) is 40.2 Å². The van der Waals surface area contributed by atoms with Gasteiger partial charge in [-0.3, -0.25) is 4.79 Å². The van der Waals surface area contributed by atoms with Gasteiger partial charge in [0, 0.05) is 43.7 Å². The van der Waals surface area contributed by atoms with Crippen molar-refractivity contribution in [1.29, 1.82) is 0 Å². The lowest BCUT2D eigenvalue weighted by Crippen LogP contribution is -2.51. The summed E-state index contributed by atoms with van der Waals surface area (Å²) < 4.78 is 29.3. The summed E-state index contributed by atoms with van der Waals surface area (Å²) >= 11 is 3.49. The molecule has 0 bridgehead atoms. The fraction of sp³-hybridized carbons (Fsp3) is 0.355. The van der Waals surface area contributed by atoms with Crippen molar-refractivity contribution < 1.29 is 33.6 Å². The second-order valence-corrected chi connectivity index (χ2v) is 10.4. The van der Waals surface area contributed by atoms with Crippen LogP contribution in [0.5, 0.6) is 11.5 Å². The monoisotopic (exact) mass is 626 g/mol. The zero-order valence-corrected chi connectivity index (χ0v) is 24.9. The number of carbonyl (C=O) groups excluding carboxylic acids is 1. The standard InChI is InChI=1S/C31H35BrN2O7/c1-37-26-7-4-6-23(18-26)28-31(19-21-8-12-24(32)13-9-21,30(36)33-20-27(38-2)39-3)34-29(41-28)22-10-14-25(15-11-22)40-17-5-16-35/h4,6-15,18,27-28,35H,5,16-17,19-20H2,1-3H3,(H,33,36)/t28-,31-/m1/s1. The predicted molar refractivity (Wildman–Crippen MR) is 158 cm³/mol. The van der Waals surface area contributed by atoms with Gasteiger partial charge in [-0.15, -0.1) is 0 Å². The highest BCUT2D eigenvalue weighted by Crippen LogP contribution is 2.43. The molecular weight excluding hydrogens is 592 g/mol. The van der Waals surface area contributed by atoms with Crippen LogP contribution in [0.25, 0.3) is 0 Å². The van der Waals surface area contributed by atoms with Crippen molar-refractivity contribution in [2.45, 2.75) is 30.8 Å². The van der Waals surface area contributed by atoms with Crippen molar-refractivity contribution in [2.75, 3.05) is 41.1 Å². The maximum atomic E-state index is 14.2. The van der Waals surface area contributed by atoms with Gasteiger partial charge in [-0.2, -0.15) is 0 Å². The van der Waals surface area contributed by atoms with Gasteiger partial charge in [-0.25, -0.2) is 4.99 Å². The smallest absolute Gasteiger partial charge is 0.252 e. The maximum Gasteiger partial charge on any atom is 0.252 e. The SMILES string of the molecule is COc1cccc([C@H]2OC(c3ccc(OCCCO)cc3)=N[C@@]2(Cc2ccc(Br)cc2)C(=O)NCC(OC)OC)c1. The highest BCUT2D eigenvalue weighted by molar-refractivity contribution is 9.10. The number of methoxy groups -OCH3 is 3. The van der Waals surface area contributed by atoms with Gasteiger partial charge in [0.1, 0.15) is 11.5 Å². The Morgan fingerprint density at radius 2 is 1.78 bits per heavy atom. The Balaban J connectivity index is 1.78. The summed E-state index contributed by atoms with van der Waals surface area (Å²) in [6.45, 7) is 0.599. The molecule has 1 heterocycles. The number of rotatable bonds is 14. The lowest BCUT2D eigenvalue weighted by atomic mass is 9.82. The molecule has 2 N–H and O–H groups in total. The summed E-state index contributed by atoms with van der Waals surface area (Å²) in [4.78, 5) is 19.2. The Morgan fingerprint density at radius 1 is 1.05 bits per heavy atom. The molecule has 0 radical (unpaired) electrons. The summed E-state index contributed by atoms with van der Waals surface area (Å²) in [7, 11) is 4.63. The third-order valence-corrected chi connectivity index (χ3v) is 7.30. The van der Waals surface area contributed by atoms with E-state index in [1.165, 1.54) is 14.2 Å². The number of halogens is 1. The first-order valence-corrected chi connectivity index (χ1v) is 14.0. The number of hydrogen-bond acceptors (Lipinski definition) is 8. The summed E-state index contributed by atoms with van der Waals surface area (Å²) in [5.41, 5.74) is 0.990. The number of nitrogens with one attached hydrogen (secondary N) is 1. The molecule has 10 heteroatoms. The van der Waals surface area contributed by atoms with E-state index in [-0.39, 0.29) is 25.5 Å². The Morgan fingerprint density at radius 3 is 2.44 bits per heavy atom. The molecule has 0 saturated heterocycles. The van der Waals surface area contributed by atoms with Gasteiger partial charge < -0.3 is 34.1 Å². The summed E-state index contributed by atoms with van der Waals surface area (Å²) in [6, 6.07) is 22.6. The lowest BCUT2D eigenvalue weighted by molar-refractivity contribution is -0.134. The lowest BCUT2D eigenvalue weighted by Gasteiger charge is -2.31. The van der Waals surface area contributed by atoms with Crippen LogP contribution in [-0.4, -0.2) is 69.8 Å². The fourth-order valence-electron chi connectivity index (χ4n) is 4.59. The van der Waals surface area contributed by atoms with E-state index in [4.69, 9.17) is 33.8 Å². The second kappa shape index (κ2) is 14.5. The van der Waals surface area contributed by atoms with Crippen LogP contribution in [0.15, 0.2) is 82.3 Å². The molecule has 41 heavy (non-hydrogen) atoms. The zero-order valence-electron chi connectivity index (χ0n) is 23.3. The number of aliphatic imine (C=N–C) groups is 1. The molecule has 1 amide bonds. The van der Waals surface area contributed by atoms with Gasteiger partial charge >= 0.3 is 0 Å². The minimum Gasteiger partial charge on any atom is -0.497 e. The largest absolute Gasteiger partial charge is 0.497 e. The summed E-state index contributed by atoms with van der Waals surface area (Å²) in [6.07, 6.45) is -0.575. The molecule has 9 nitrogen and oxygen atoms in total. The number of hydrogen-bond donors (Lipinski definition) is 2. The zero-order chi connectivity index (χ0) is 29.2. The molecule has 0 saturated carbocycles. The van der Waals surface area contributed by atoms with Crippen molar-refractivity contribution in [1.82, 2.24) is 5.32 Å². The van der Waals surface area contributed by atoms with Crippen molar-refractivity contribution >= 4 is 27.7 Å². The van der Waals surface area contributed by atoms with Crippen LogP contribution in [0.3, 0.4) is 0 Å². The van der Waals surface area contributed by atoms with Crippen LogP contribution < -0.4 is 14.8 Å². The van der Waals surface area contributed by atoms with Gasteiger partial charge in [0.15, 0.2) is 17.9 Å². The van der Waals surface area contributed by atoms with E-state index in [0.717, 1.165) is 15.6 Å². The molecule has 4 rings (SSSR count). The molecule has 3 aromatic rings. The Bertz CT molecular complexity index is 1310. The van der Waals surface area contributed by atoms with Crippen LogP contribution in [-0.2, 0) is 25.4 Å². The molecule has 0 fully saturated rings. The minimum absolute atomic E-state index is 0.0619. The number of amides is 1. The second-order valence-electron chi connectivity index (χ2n) is 9.48. The number of carbonyl (C=O) groups is 1. The molecule has 3 aromatic carbocycles. The number of nitrogens with zero attached hydrogens (tertiary/aromatic N) is 1. The van der Waals surface area contributed by atoms with Crippen LogP contribution in [0.1, 0.15) is 29.2 Å². The van der Waals surface area contributed by atoms with Crippen LogP contribution in [0, 0.1) is 0 Å². The predicted octanol–water partition coefficient (Wildman–Crippen LogP) is 4.45. The van der Waals surface area contributed by atoms with E-state index in [0.29, 0.717) is 36.0 Å². The first-order chi connectivity index (χ1) is 19.9. The van der Waals surface area contributed by atoms with Crippen LogP contribution in [0.4, 0.5) is 0 Å². The number of aliphatic hydroxyl groups excluding tert-OH is 1. The Hall–Kier alpha value is -3.44. The van der Waals surface area contributed by atoms with E-state index in [2.05, 4.69) is 21.2 Å². The van der Waals surface area contributed by atoms with Gasteiger partial charge in [0.2, 0.25) is 5.90 Å². The van der Waals surface area contributed by atoms with Crippen molar-refractivity contribution in [3.8, 4) is 11.5 Å². The average Bonchev–Trinajstić information content (AvgIpc) is 3.39. The number of aliphatic hydroxyl groups is 1. The van der Waals surface area contributed by atoms with E-state index < -0.39 is 17.9 Å². The molecule has 218 valence electrons. The number of ether oxygens (including phenoxy) is 5. The third-order valence-electron chi connectivity index (χ3n) is 6.77. The topological polar surface area (TPSA) is 108 Å². The molecule has 1 aliphatic rings. The van der Waals surface area contributed by atoms with E-state index in [9.17, 15) is 4.79 Å². The summed E-state index contributed by atoms with van der Waals surface area (Å²) in [5.74, 6) is 1.31. The Labute approximate surface area is 248 Å². The fourth-order valence-corrected chi connectivity index (χ4v) is 4.86. The van der Waals surface area contributed by atoms with Gasteiger partial charge in [0.05, 0.1) is 20.3 Å². The van der Waals surface area contributed by atoms with Crippen molar-refractivity contribution in [2.24, 2.45) is 4.99 Å². The molecule has 0 spiro atoms. The van der Waals surface area contributed by atoms with Crippen LogP contribution in [0.2, 0.25) is 0 Å². The molecular formula is C31H35BrN2O7.